The maximum absolute atomic E-state index is 9.42. The Morgan fingerprint density at radius 2 is 2.06 bits per heavy atom. The molecule has 0 heterocycles. The van der Waals surface area contributed by atoms with Gasteiger partial charge in [-0.05, 0) is 43.9 Å². The van der Waals surface area contributed by atoms with Crippen LogP contribution in [0.5, 0.6) is 0 Å². The third-order valence-electron chi connectivity index (χ3n) is 3.24. The van der Waals surface area contributed by atoms with Gasteiger partial charge in [-0.25, -0.2) is 0 Å². The molecule has 1 aliphatic carbocycles. The highest BCUT2D eigenvalue weighted by molar-refractivity contribution is 7.99. The molecule has 1 saturated carbocycles. The van der Waals surface area contributed by atoms with Gasteiger partial charge < -0.3 is 10.4 Å². The largest absolute Gasteiger partial charge is 0.393 e. The lowest BCUT2D eigenvalue weighted by molar-refractivity contribution is 0.177. The molecule has 2 N–H and O–H groups in total. The number of hydrogen-bond donors (Lipinski definition) is 2. The van der Waals surface area contributed by atoms with Crippen molar-refractivity contribution in [3.05, 3.63) is 30.3 Å². The third-order valence-corrected chi connectivity index (χ3v) is 4.25. The van der Waals surface area contributed by atoms with Gasteiger partial charge in [0.2, 0.25) is 0 Å². The Morgan fingerprint density at radius 1 is 1.24 bits per heavy atom. The number of rotatable bonds is 6. The van der Waals surface area contributed by atoms with Gasteiger partial charge in [-0.3, -0.25) is 0 Å². The van der Waals surface area contributed by atoms with E-state index in [2.05, 4.69) is 29.6 Å². The van der Waals surface area contributed by atoms with Crippen molar-refractivity contribution in [3.8, 4) is 0 Å². The molecule has 0 spiro atoms. The second kappa shape index (κ2) is 7.04. The highest BCUT2D eigenvalue weighted by Crippen LogP contribution is 2.24. The van der Waals surface area contributed by atoms with E-state index in [1.54, 1.807) is 0 Å². The van der Waals surface area contributed by atoms with E-state index in [0.717, 1.165) is 31.7 Å². The quantitative estimate of drug-likeness (QED) is 0.602. The molecule has 17 heavy (non-hydrogen) atoms. The Labute approximate surface area is 108 Å². The zero-order chi connectivity index (χ0) is 11.9. The van der Waals surface area contributed by atoms with Gasteiger partial charge in [-0.15, -0.1) is 11.8 Å². The van der Waals surface area contributed by atoms with Crippen LogP contribution in [-0.4, -0.2) is 30.1 Å². The average Bonchev–Trinajstić information content (AvgIpc) is 2.76. The normalized spacial score (nSPS) is 24.1. The van der Waals surface area contributed by atoms with Crippen LogP contribution in [0.2, 0.25) is 0 Å². The third kappa shape index (κ3) is 4.70. The summed E-state index contributed by atoms with van der Waals surface area (Å²) in [6.45, 7) is 2.11. The van der Waals surface area contributed by atoms with E-state index in [-0.39, 0.29) is 6.10 Å². The summed E-state index contributed by atoms with van der Waals surface area (Å²) in [5, 5.41) is 12.9. The molecule has 3 heteroatoms. The first-order valence-corrected chi connectivity index (χ1v) is 7.40. The summed E-state index contributed by atoms with van der Waals surface area (Å²) in [6.07, 6.45) is 3.12. The molecule has 0 saturated heterocycles. The van der Waals surface area contributed by atoms with Crippen LogP contribution in [0.3, 0.4) is 0 Å². The van der Waals surface area contributed by atoms with E-state index in [0.29, 0.717) is 5.92 Å². The van der Waals surface area contributed by atoms with E-state index in [4.69, 9.17) is 0 Å². The fourth-order valence-electron chi connectivity index (χ4n) is 2.30. The molecule has 0 radical (unpaired) electrons. The van der Waals surface area contributed by atoms with E-state index in [9.17, 15) is 5.11 Å². The van der Waals surface area contributed by atoms with Gasteiger partial charge in [-0.1, -0.05) is 18.2 Å². The van der Waals surface area contributed by atoms with Gasteiger partial charge in [0.15, 0.2) is 0 Å². The smallest absolute Gasteiger partial charge is 0.0543 e. The first-order chi connectivity index (χ1) is 8.34. The fourth-order valence-corrected chi connectivity index (χ4v) is 3.13. The number of nitrogens with one attached hydrogen (secondary N) is 1. The topological polar surface area (TPSA) is 32.3 Å². The predicted octanol–water partition coefficient (Wildman–Crippen LogP) is 2.53. The van der Waals surface area contributed by atoms with Crippen molar-refractivity contribution in [1.82, 2.24) is 5.32 Å². The zero-order valence-corrected chi connectivity index (χ0v) is 11.0. The summed E-state index contributed by atoms with van der Waals surface area (Å²) in [6, 6.07) is 10.5. The molecular formula is C14H21NOS. The molecule has 1 fully saturated rings. The molecular weight excluding hydrogens is 230 g/mol. The minimum Gasteiger partial charge on any atom is -0.393 e. The monoisotopic (exact) mass is 251 g/mol. The molecule has 0 aliphatic heterocycles. The maximum Gasteiger partial charge on any atom is 0.0543 e. The Bertz CT molecular complexity index is 317. The van der Waals surface area contributed by atoms with Gasteiger partial charge >= 0.3 is 0 Å². The standard InChI is InChI=1S/C14H21NOS/c16-13-7-6-12(10-13)11-15-8-9-17-14-4-2-1-3-5-14/h1-5,12-13,15-16H,6-11H2. The predicted molar refractivity (Wildman–Crippen MR) is 73.4 cm³/mol. The second-order valence-electron chi connectivity index (χ2n) is 4.70. The number of aliphatic hydroxyl groups is 1. The maximum atomic E-state index is 9.42. The number of hydrogen-bond acceptors (Lipinski definition) is 3. The van der Waals surface area contributed by atoms with Crippen LogP contribution >= 0.6 is 11.8 Å². The number of aliphatic hydroxyl groups excluding tert-OH is 1. The lowest BCUT2D eigenvalue weighted by Crippen LogP contribution is -2.24. The molecule has 2 atom stereocenters. The molecule has 1 aromatic rings. The SMILES string of the molecule is OC1CCC(CNCCSc2ccccc2)C1. The van der Waals surface area contributed by atoms with E-state index < -0.39 is 0 Å². The molecule has 1 aromatic carbocycles. The summed E-state index contributed by atoms with van der Waals surface area (Å²) in [5.41, 5.74) is 0. The van der Waals surface area contributed by atoms with Crippen LogP contribution in [-0.2, 0) is 0 Å². The van der Waals surface area contributed by atoms with E-state index >= 15 is 0 Å². The Morgan fingerprint density at radius 3 is 2.76 bits per heavy atom. The Balaban J connectivity index is 1.52. The number of benzene rings is 1. The van der Waals surface area contributed by atoms with Crippen LogP contribution < -0.4 is 5.32 Å². The lowest BCUT2D eigenvalue weighted by atomic mass is 10.1. The van der Waals surface area contributed by atoms with Crippen molar-refractivity contribution in [3.63, 3.8) is 0 Å². The summed E-state index contributed by atoms with van der Waals surface area (Å²) in [4.78, 5) is 1.34. The molecule has 0 bridgehead atoms. The minimum absolute atomic E-state index is 0.0412. The molecule has 1 aliphatic rings. The van der Waals surface area contributed by atoms with Crippen LogP contribution in [0.15, 0.2) is 35.2 Å². The molecule has 2 nitrogen and oxygen atoms in total. The lowest BCUT2D eigenvalue weighted by Gasteiger charge is -2.10. The van der Waals surface area contributed by atoms with E-state index in [1.165, 1.54) is 11.3 Å². The van der Waals surface area contributed by atoms with Crippen molar-refractivity contribution in [2.75, 3.05) is 18.8 Å². The van der Waals surface area contributed by atoms with Crippen molar-refractivity contribution in [2.24, 2.45) is 5.92 Å². The summed E-state index contributed by atoms with van der Waals surface area (Å²) in [5.74, 6) is 1.80. The fraction of sp³-hybridized carbons (Fsp3) is 0.571. The van der Waals surface area contributed by atoms with Crippen LogP contribution in [0.25, 0.3) is 0 Å². The van der Waals surface area contributed by atoms with Gasteiger partial charge in [0.25, 0.3) is 0 Å². The summed E-state index contributed by atoms with van der Waals surface area (Å²) < 4.78 is 0. The first kappa shape index (κ1) is 12.9. The number of thioether (sulfide) groups is 1. The minimum atomic E-state index is -0.0412. The Kier molecular flexibility index (Phi) is 5.36. The molecule has 0 aromatic heterocycles. The first-order valence-electron chi connectivity index (χ1n) is 6.41. The highest BCUT2D eigenvalue weighted by Gasteiger charge is 2.21. The highest BCUT2D eigenvalue weighted by atomic mass is 32.2. The molecule has 0 amide bonds. The van der Waals surface area contributed by atoms with Crippen molar-refractivity contribution in [2.45, 2.75) is 30.3 Å². The van der Waals surface area contributed by atoms with Gasteiger partial charge in [0, 0.05) is 17.2 Å². The van der Waals surface area contributed by atoms with Gasteiger partial charge in [0.1, 0.15) is 0 Å². The van der Waals surface area contributed by atoms with Gasteiger partial charge in [-0.2, -0.15) is 0 Å². The second-order valence-corrected chi connectivity index (χ2v) is 5.87. The van der Waals surface area contributed by atoms with Crippen LogP contribution in [0, 0.1) is 5.92 Å². The zero-order valence-electron chi connectivity index (χ0n) is 10.1. The summed E-state index contributed by atoms with van der Waals surface area (Å²) >= 11 is 1.89. The van der Waals surface area contributed by atoms with Gasteiger partial charge in [0.05, 0.1) is 6.10 Å². The van der Waals surface area contributed by atoms with Crippen molar-refractivity contribution >= 4 is 11.8 Å². The van der Waals surface area contributed by atoms with Crippen molar-refractivity contribution in [1.29, 1.82) is 0 Å². The summed E-state index contributed by atoms with van der Waals surface area (Å²) in [7, 11) is 0. The van der Waals surface area contributed by atoms with Crippen LogP contribution in [0.1, 0.15) is 19.3 Å². The van der Waals surface area contributed by atoms with Crippen LogP contribution in [0.4, 0.5) is 0 Å². The molecule has 2 unspecified atom stereocenters. The molecule has 2 rings (SSSR count). The van der Waals surface area contributed by atoms with Crippen molar-refractivity contribution < 1.29 is 5.11 Å². The Hall–Kier alpha value is -0.510. The average molecular weight is 251 g/mol. The van der Waals surface area contributed by atoms with E-state index in [1.807, 2.05) is 17.8 Å². The molecule has 94 valence electrons.